The molecule has 202 valence electrons. The van der Waals surface area contributed by atoms with Gasteiger partial charge in [0.05, 0.1) is 22.4 Å². The minimum Gasteiger partial charge on any atom is -0.361 e. The van der Waals surface area contributed by atoms with Crippen LogP contribution in [0.15, 0.2) is 53.3 Å². The van der Waals surface area contributed by atoms with E-state index in [9.17, 15) is 13.2 Å². The van der Waals surface area contributed by atoms with E-state index in [1.54, 1.807) is 12.4 Å². The van der Waals surface area contributed by atoms with Gasteiger partial charge < -0.3 is 14.2 Å². The Kier molecular flexibility index (Phi) is 6.50. The van der Waals surface area contributed by atoms with E-state index in [0.717, 1.165) is 53.2 Å². The van der Waals surface area contributed by atoms with Gasteiger partial charge in [0, 0.05) is 35.7 Å². The van der Waals surface area contributed by atoms with E-state index < -0.39 is 18.1 Å². The molecule has 39 heavy (non-hydrogen) atoms. The first-order valence-corrected chi connectivity index (χ1v) is 13.1. The molecule has 1 aromatic carbocycles. The number of H-pyrrole nitrogens is 1. The summed E-state index contributed by atoms with van der Waals surface area (Å²) >= 11 is 0. The molecule has 1 N–H and O–H groups in total. The van der Waals surface area contributed by atoms with Gasteiger partial charge in [-0.3, -0.25) is 4.98 Å². The third kappa shape index (κ3) is 4.73. The van der Waals surface area contributed by atoms with Crippen LogP contribution in [0.2, 0.25) is 0 Å². The van der Waals surface area contributed by atoms with E-state index in [-0.39, 0.29) is 0 Å². The Morgan fingerprint density at radius 1 is 1.08 bits per heavy atom. The second-order valence-electron chi connectivity index (χ2n) is 9.94. The lowest BCUT2D eigenvalue weighted by Crippen LogP contribution is -2.20. The fourth-order valence-corrected chi connectivity index (χ4v) is 5.44. The van der Waals surface area contributed by atoms with Crippen molar-refractivity contribution in [3.8, 4) is 22.4 Å². The quantitative estimate of drug-likeness (QED) is 0.249. The third-order valence-corrected chi connectivity index (χ3v) is 7.34. The number of nitrogens with one attached hydrogen (secondary N) is 1. The number of hydrogen-bond donors (Lipinski definition) is 1. The number of ether oxygens (including phenoxy) is 1. The van der Waals surface area contributed by atoms with Crippen LogP contribution in [0.1, 0.15) is 53.8 Å². The van der Waals surface area contributed by atoms with E-state index in [1.807, 2.05) is 32.0 Å². The number of pyridine rings is 1. The molecule has 1 atom stereocenters. The molecule has 7 nitrogen and oxygen atoms in total. The van der Waals surface area contributed by atoms with E-state index in [1.165, 1.54) is 10.2 Å². The molecule has 0 aliphatic carbocycles. The lowest BCUT2D eigenvalue weighted by Gasteiger charge is -2.24. The highest BCUT2D eigenvalue weighted by Gasteiger charge is 2.37. The van der Waals surface area contributed by atoms with Crippen molar-refractivity contribution in [1.29, 1.82) is 0 Å². The number of rotatable bonds is 6. The first kappa shape index (κ1) is 25.4. The number of benzene rings is 1. The molecule has 1 saturated heterocycles. The summed E-state index contributed by atoms with van der Waals surface area (Å²) in [5.74, 6) is 0.684. The fourth-order valence-electron chi connectivity index (χ4n) is 5.44. The fraction of sp³-hybridized carbons (Fsp3) is 0.345. The van der Waals surface area contributed by atoms with E-state index in [4.69, 9.17) is 14.2 Å². The number of aromatic nitrogens is 5. The number of aryl methyl sites for hydroxylation is 4. The van der Waals surface area contributed by atoms with Crippen molar-refractivity contribution in [1.82, 2.24) is 24.9 Å². The maximum atomic E-state index is 13.8. The second-order valence-corrected chi connectivity index (χ2v) is 9.94. The normalized spacial score (nSPS) is 16.3. The highest BCUT2D eigenvalue weighted by Crippen LogP contribution is 2.40. The molecular weight excluding hydrogens is 507 g/mol. The van der Waals surface area contributed by atoms with Crippen LogP contribution in [0.4, 0.5) is 13.2 Å². The van der Waals surface area contributed by atoms with Gasteiger partial charge in [-0.05, 0) is 63.1 Å². The number of halogens is 3. The van der Waals surface area contributed by atoms with Crippen LogP contribution >= 0.6 is 0 Å². The van der Waals surface area contributed by atoms with Gasteiger partial charge in [0.2, 0.25) is 0 Å². The number of alkyl halides is 3. The molecule has 0 saturated carbocycles. The standard InChI is InChI=1S/C29H28F3N5O2/c1-17-26(18(2)39-36-17)21-15-33-28-22(16-34-27(28)20(21)12-11-19-8-4-3-5-9-19)23-14-24(29(30,31)32)35-37(23)25-10-6-7-13-38-25/h3-5,8-9,14-16,25,34H,6-7,10-13H2,1-2H3. The number of nitrogens with zero attached hydrogens (tertiary/aromatic N) is 4. The Hall–Kier alpha value is -3.92. The van der Waals surface area contributed by atoms with Gasteiger partial charge in [0.1, 0.15) is 5.76 Å². The van der Waals surface area contributed by atoms with Crippen molar-refractivity contribution in [2.75, 3.05) is 6.61 Å². The summed E-state index contributed by atoms with van der Waals surface area (Å²) in [6, 6.07) is 11.2. The van der Waals surface area contributed by atoms with Crippen molar-refractivity contribution < 1.29 is 22.4 Å². The molecule has 1 fully saturated rings. The lowest BCUT2D eigenvalue weighted by molar-refractivity contribution is -0.142. The monoisotopic (exact) mass is 535 g/mol. The average molecular weight is 536 g/mol. The van der Waals surface area contributed by atoms with E-state index >= 15 is 0 Å². The van der Waals surface area contributed by atoms with Gasteiger partial charge >= 0.3 is 6.18 Å². The predicted molar refractivity (Wildman–Crippen MR) is 140 cm³/mol. The summed E-state index contributed by atoms with van der Waals surface area (Å²) in [7, 11) is 0. The summed E-state index contributed by atoms with van der Waals surface area (Å²) in [6.07, 6.45) is 2.15. The lowest BCUT2D eigenvalue weighted by atomic mass is 9.94. The number of fused-ring (bicyclic) bond motifs is 1. The molecule has 1 unspecified atom stereocenters. The van der Waals surface area contributed by atoms with Crippen molar-refractivity contribution in [3.05, 3.63) is 77.1 Å². The highest BCUT2D eigenvalue weighted by atomic mass is 19.4. The largest absolute Gasteiger partial charge is 0.435 e. The summed E-state index contributed by atoms with van der Waals surface area (Å²) in [5.41, 5.74) is 5.99. The molecule has 0 bridgehead atoms. The first-order chi connectivity index (χ1) is 18.8. The molecular formula is C29H28F3N5O2. The van der Waals surface area contributed by atoms with Crippen molar-refractivity contribution in [2.45, 2.75) is 58.4 Å². The van der Waals surface area contributed by atoms with E-state index in [2.05, 4.69) is 27.4 Å². The van der Waals surface area contributed by atoms with Crippen LogP contribution in [0.3, 0.4) is 0 Å². The summed E-state index contributed by atoms with van der Waals surface area (Å²) in [6.45, 7) is 4.24. The minimum absolute atomic E-state index is 0.326. The predicted octanol–water partition coefficient (Wildman–Crippen LogP) is 7.20. The Bertz CT molecular complexity index is 1590. The SMILES string of the molecule is Cc1noc(C)c1-c1cnc2c(-c3cc(C(F)(F)F)nn3C3CCCCO3)c[nH]c2c1CCc1ccccc1. The smallest absolute Gasteiger partial charge is 0.361 e. The molecule has 0 radical (unpaired) electrons. The van der Waals surface area contributed by atoms with Gasteiger partial charge in [-0.25, -0.2) is 4.68 Å². The summed E-state index contributed by atoms with van der Waals surface area (Å²) in [4.78, 5) is 8.10. The van der Waals surface area contributed by atoms with E-state index in [0.29, 0.717) is 42.0 Å². The molecule has 6 rings (SSSR count). The maximum absolute atomic E-state index is 13.8. The Morgan fingerprint density at radius 2 is 1.90 bits per heavy atom. The van der Waals surface area contributed by atoms with Crippen molar-refractivity contribution >= 4 is 11.0 Å². The molecule has 0 amide bonds. The molecule has 4 aromatic heterocycles. The maximum Gasteiger partial charge on any atom is 0.435 e. The molecule has 10 heteroatoms. The zero-order valence-corrected chi connectivity index (χ0v) is 21.7. The van der Waals surface area contributed by atoms with Crippen LogP contribution in [0, 0.1) is 13.8 Å². The van der Waals surface area contributed by atoms with Gasteiger partial charge in [0.15, 0.2) is 11.9 Å². The van der Waals surface area contributed by atoms with Crippen molar-refractivity contribution in [2.24, 2.45) is 0 Å². The zero-order chi connectivity index (χ0) is 27.1. The second kappa shape index (κ2) is 10.00. The Balaban J connectivity index is 1.51. The average Bonchev–Trinajstić information content (AvgIpc) is 3.65. The molecule has 0 spiro atoms. The topological polar surface area (TPSA) is 81.8 Å². The van der Waals surface area contributed by atoms with Crippen LogP contribution in [0.5, 0.6) is 0 Å². The Labute approximate surface area is 223 Å². The minimum atomic E-state index is -4.58. The molecule has 5 aromatic rings. The molecule has 1 aliphatic heterocycles. The van der Waals surface area contributed by atoms with Gasteiger partial charge in [-0.2, -0.15) is 18.3 Å². The summed E-state index contributed by atoms with van der Waals surface area (Å²) < 4.78 is 53.9. The Morgan fingerprint density at radius 3 is 2.59 bits per heavy atom. The first-order valence-electron chi connectivity index (χ1n) is 13.1. The van der Waals surface area contributed by atoms with Crippen LogP contribution in [-0.4, -0.2) is 31.5 Å². The van der Waals surface area contributed by atoms with Crippen molar-refractivity contribution in [3.63, 3.8) is 0 Å². The molecule has 5 heterocycles. The number of hydrogen-bond acceptors (Lipinski definition) is 5. The molecule has 1 aliphatic rings. The van der Waals surface area contributed by atoms with Crippen LogP contribution in [0.25, 0.3) is 33.4 Å². The third-order valence-electron chi connectivity index (χ3n) is 7.34. The number of aromatic amines is 1. The van der Waals surface area contributed by atoms with Crippen LogP contribution in [-0.2, 0) is 23.8 Å². The summed E-state index contributed by atoms with van der Waals surface area (Å²) in [5, 5.41) is 8.08. The zero-order valence-electron chi connectivity index (χ0n) is 21.7. The van der Waals surface area contributed by atoms with Crippen LogP contribution < -0.4 is 0 Å². The van der Waals surface area contributed by atoms with Gasteiger partial charge in [-0.1, -0.05) is 35.5 Å². The highest BCUT2D eigenvalue weighted by molar-refractivity contribution is 5.96. The van der Waals surface area contributed by atoms with Gasteiger partial charge in [0.25, 0.3) is 0 Å². The van der Waals surface area contributed by atoms with Gasteiger partial charge in [-0.15, -0.1) is 0 Å².